The van der Waals surface area contributed by atoms with E-state index in [0.717, 1.165) is 23.4 Å². The second kappa shape index (κ2) is 9.07. The first-order valence-electron chi connectivity index (χ1n) is 9.78. The molecule has 5 heteroatoms. The number of unbranched alkanes of at least 4 members (excludes halogenated alkanes) is 1. The fourth-order valence-electron chi connectivity index (χ4n) is 3.66. The summed E-state index contributed by atoms with van der Waals surface area (Å²) in [6.07, 6.45) is 7.87. The van der Waals surface area contributed by atoms with Crippen LogP contribution in [0.5, 0.6) is 0 Å². The standard InChI is InChI=1S/C22H27Cl2N3/c1-4-6-9-16(5-2)13-27-14-18(17-10-7-8-11-20(17)27)19-12-15(3)21(23)26-22(24)25-19/h7-8,10-11,14,16H,4-6,9,12-13H2,1-3H3. The molecule has 1 unspecified atom stereocenters. The number of para-hydroxylation sites is 1. The lowest BCUT2D eigenvalue weighted by Crippen LogP contribution is -2.09. The molecule has 0 amide bonds. The molecule has 3 nitrogen and oxygen atoms in total. The highest BCUT2D eigenvalue weighted by molar-refractivity contribution is 6.66. The van der Waals surface area contributed by atoms with Crippen LogP contribution in [0.15, 0.2) is 51.2 Å². The molecule has 0 saturated heterocycles. The van der Waals surface area contributed by atoms with Crippen molar-refractivity contribution in [1.29, 1.82) is 0 Å². The first-order valence-corrected chi connectivity index (χ1v) is 10.5. The van der Waals surface area contributed by atoms with Crippen LogP contribution in [0.4, 0.5) is 0 Å². The van der Waals surface area contributed by atoms with E-state index in [0.29, 0.717) is 17.5 Å². The van der Waals surface area contributed by atoms with Gasteiger partial charge in [0.25, 0.3) is 0 Å². The summed E-state index contributed by atoms with van der Waals surface area (Å²) < 4.78 is 2.38. The van der Waals surface area contributed by atoms with Gasteiger partial charge >= 0.3 is 0 Å². The van der Waals surface area contributed by atoms with Crippen LogP contribution < -0.4 is 0 Å². The smallest absolute Gasteiger partial charge is 0.224 e. The van der Waals surface area contributed by atoms with Crippen molar-refractivity contribution in [2.24, 2.45) is 15.9 Å². The summed E-state index contributed by atoms with van der Waals surface area (Å²) in [5.74, 6) is 0.686. The number of nitrogens with zero attached hydrogens (tertiary/aromatic N) is 3. The van der Waals surface area contributed by atoms with Crippen molar-refractivity contribution in [3.05, 3.63) is 46.8 Å². The highest BCUT2D eigenvalue weighted by atomic mass is 35.5. The minimum atomic E-state index is 0.193. The molecule has 0 radical (unpaired) electrons. The number of amidine groups is 1. The highest BCUT2D eigenvalue weighted by Crippen LogP contribution is 2.29. The topological polar surface area (TPSA) is 29.6 Å². The molecule has 27 heavy (non-hydrogen) atoms. The number of hydrogen-bond donors (Lipinski definition) is 0. The van der Waals surface area contributed by atoms with E-state index in [-0.39, 0.29) is 5.29 Å². The Bertz CT molecular complexity index is 905. The molecule has 1 aromatic heterocycles. The molecule has 0 spiro atoms. The lowest BCUT2D eigenvalue weighted by molar-refractivity contribution is 0.396. The molecular weight excluding hydrogens is 377 g/mol. The zero-order chi connectivity index (χ0) is 19.4. The minimum absolute atomic E-state index is 0.193. The summed E-state index contributed by atoms with van der Waals surface area (Å²) in [5.41, 5.74) is 4.27. The van der Waals surface area contributed by atoms with Crippen LogP contribution in [0, 0.1) is 5.92 Å². The monoisotopic (exact) mass is 403 g/mol. The summed E-state index contributed by atoms with van der Waals surface area (Å²) in [5, 5.41) is 1.84. The van der Waals surface area contributed by atoms with Crippen LogP contribution in [0.2, 0.25) is 0 Å². The SMILES string of the molecule is CCCCC(CC)Cn1cc(C2=NC(Cl)=NC(Cl)=C(C)C2)c2ccccc21. The van der Waals surface area contributed by atoms with Crippen LogP contribution in [0.1, 0.15) is 58.4 Å². The Hall–Kier alpha value is -1.58. The molecule has 1 aromatic carbocycles. The molecule has 1 aliphatic heterocycles. The second-order valence-electron chi connectivity index (χ2n) is 7.32. The van der Waals surface area contributed by atoms with E-state index in [1.54, 1.807) is 0 Å². The number of halogens is 2. The fraction of sp³-hybridized carbons (Fsp3) is 0.455. The van der Waals surface area contributed by atoms with Gasteiger partial charge in [-0.2, -0.15) is 0 Å². The number of allylic oxidation sites excluding steroid dienone is 1. The molecule has 2 heterocycles. The third-order valence-corrected chi connectivity index (χ3v) is 5.88. The van der Waals surface area contributed by atoms with Gasteiger partial charge in [-0.05, 0) is 42.5 Å². The summed E-state index contributed by atoms with van der Waals surface area (Å²) in [4.78, 5) is 8.70. The predicted octanol–water partition coefficient (Wildman–Crippen LogP) is 7.12. The van der Waals surface area contributed by atoms with Crippen molar-refractivity contribution in [1.82, 2.24) is 4.57 Å². The largest absolute Gasteiger partial charge is 0.347 e. The predicted molar refractivity (Wildman–Crippen MR) is 118 cm³/mol. The molecule has 2 aromatic rings. The summed E-state index contributed by atoms with van der Waals surface area (Å²) in [6.45, 7) is 7.55. The summed E-state index contributed by atoms with van der Waals surface area (Å²) in [6, 6.07) is 8.52. The number of fused-ring (bicyclic) bond motifs is 1. The van der Waals surface area contributed by atoms with E-state index in [9.17, 15) is 0 Å². The second-order valence-corrected chi connectivity index (χ2v) is 8.01. The van der Waals surface area contributed by atoms with Gasteiger partial charge in [0.15, 0.2) is 0 Å². The first kappa shape index (κ1) is 20.2. The molecule has 0 saturated carbocycles. The van der Waals surface area contributed by atoms with Crippen molar-refractivity contribution in [3.63, 3.8) is 0 Å². The van der Waals surface area contributed by atoms with E-state index in [2.05, 4.69) is 58.9 Å². The molecule has 0 bridgehead atoms. The Labute approximate surface area is 171 Å². The maximum Gasteiger partial charge on any atom is 0.224 e. The maximum absolute atomic E-state index is 6.21. The molecule has 144 valence electrons. The van der Waals surface area contributed by atoms with E-state index in [4.69, 9.17) is 23.2 Å². The van der Waals surface area contributed by atoms with Crippen LogP contribution >= 0.6 is 23.2 Å². The molecular formula is C22H27Cl2N3. The molecule has 0 N–H and O–H groups in total. The van der Waals surface area contributed by atoms with E-state index >= 15 is 0 Å². The van der Waals surface area contributed by atoms with Crippen LogP contribution in [0.3, 0.4) is 0 Å². The lowest BCUT2D eigenvalue weighted by Gasteiger charge is -2.16. The van der Waals surface area contributed by atoms with Crippen molar-refractivity contribution >= 4 is 45.1 Å². The van der Waals surface area contributed by atoms with Gasteiger partial charge in [0.2, 0.25) is 5.29 Å². The Morgan fingerprint density at radius 2 is 1.93 bits per heavy atom. The Morgan fingerprint density at radius 1 is 1.15 bits per heavy atom. The quantitative estimate of drug-likeness (QED) is 0.440. The molecule has 1 aliphatic rings. The van der Waals surface area contributed by atoms with E-state index < -0.39 is 0 Å². The summed E-state index contributed by atoms with van der Waals surface area (Å²) in [7, 11) is 0. The third-order valence-electron chi connectivity index (χ3n) is 5.30. The highest BCUT2D eigenvalue weighted by Gasteiger charge is 2.19. The van der Waals surface area contributed by atoms with Gasteiger partial charge < -0.3 is 4.57 Å². The number of rotatable bonds is 7. The van der Waals surface area contributed by atoms with Crippen molar-refractivity contribution < 1.29 is 0 Å². The number of aliphatic imine (C=N–C) groups is 2. The average Bonchev–Trinajstić information content (AvgIpc) is 2.96. The molecule has 1 atom stereocenters. The van der Waals surface area contributed by atoms with Crippen LogP contribution in [-0.2, 0) is 6.54 Å². The van der Waals surface area contributed by atoms with E-state index in [1.165, 1.54) is 36.6 Å². The van der Waals surface area contributed by atoms with E-state index in [1.807, 2.05) is 6.92 Å². The summed E-state index contributed by atoms with van der Waals surface area (Å²) >= 11 is 12.4. The molecule has 3 rings (SSSR count). The zero-order valence-electron chi connectivity index (χ0n) is 16.3. The maximum atomic E-state index is 6.21. The Balaban J connectivity index is 2.02. The average molecular weight is 404 g/mol. The zero-order valence-corrected chi connectivity index (χ0v) is 17.8. The normalized spacial score (nSPS) is 16.3. The van der Waals surface area contributed by atoms with Gasteiger partial charge in [0.1, 0.15) is 5.16 Å². The number of benzene rings is 1. The van der Waals surface area contributed by atoms with Gasteiger partial charge in [0.05, 0.1) is 5.71 Å². The van der Waals surface area contributed by atoms with Crippen LogP contribution in [0.25, 0.3) is 10.9 Å². The Morgan fingerprint density at radius 3 is 2.67 bits per heavy atom. The van der Waals surface area contributed by atoms with Gasteiger partial charge in [-0.1, -0.05) is 62.9 Å². The van der Waals surface area contributed by atoms with Crippen molar-refractivity contribution in [2.45, 2.75) is 59.4 Å². The van der Waals surface area contributed by atoms with Gasteiger partial charge in [0, 0.05) is 35.6 Å². The number of hydrogen-bond acceptors (Lipinski definition) is 2. The van der Waals surface area contributed by atoms with Crippen molar-refractivity contribution in [2.75, 3.05) is 0 Å². The molecule has 0 fully saturated rings. The van der Waals surface area contributed by atoms with Crippen molar-refractivity contribution in [3.8, 4) is 0 Å². The lowest BCUT2D eigenvalue weighted by atomic mass is 9.99. The number of aromatic nitrogens is 1. The fourth-order valence-corrected chi connectivity index (χ4v) is 4.03. The Kier molecular flexibility index (Phi) is 6.78. The van der Waals surface area contributed by atoms with Gasteiger partial charge in [-0.3, -0.25) is 0 Å². The minimum Gasteiger partial charge on any atom is -0.347 e. The van der Waals surface area contributed by atoms with Gasteiger partial charge in [-0.25, -0.2) is 9.98 Å². The van der Waals surface area contributed by atoms with Crippen LogP contribution in [-0.4, -0.2) is 15.6 Å². The third kappa shape index (κ3) is 4.64. The first-order chi connectivity index (χ1) is 13.0. The molecule has 0 aliphatic carbocycles. The van der Waals surface area contributed by atoms with Gasteiger partial charge in [-0.15, -0.1) is 0 Å².